The van der Waals surface area contributed by atoms with Gasteiger partial charge >= 0.3 is 0 Å². The second-order valence-electron chi connectivity index (χ2n) is 5.32. The van der Waals surface area contributed by atoms with Crippen molar-refractivity contribution >= 4 is 0 Å². The van der Waals surface area contributed by atoms with E-state index in [4.69, 9.17) is 13.6 Å². The van der Waals surface area contributed by atoms with Crippen molar-refractivity contribution in [2.24, 2.45) is 0 Å². The maximum atomic E-state index is 5.84. The Hall–Kier alpha value is -1.52. The molecular formula is C16H21NO3. The van der Waals surface area contributed by atoms with Gasteiger partial charge < -0.3 is 13.6 Å². The molecule has 1 unspecified atom stereocenters. The highest BCUT2D eigenvalue weighted by Gasteiger charge is 2.19. The molecule has 2 aromatic heterocycles. The van der Waals surface area contributed by atoms with E-state index in [1.807, 2.05) is 24.3 Å². The minimum atomic E-state index is 0.327. The second kappa shape index (κ2) is 6.77. The zero-order valence-electron chi connectivity index (χ0n) is 11.7. The van der Waals surface area contributed by atoms with Crippen molar-refractivity contribution in [3.05, 3.63) is 48.3 Å². The molecule has 0 N–H and O–H groups in total. The van der Waals surface area contributed by atoms with Gasteiger partial charge in [0.05, 0.1) is 31.7 Å². The van der Waals surface area contributed by atoms with Crippen LogP contribution in [0.3, 0.4) is 0 Å². The van der Waals surface area contributed by atoms with E-state index in [2.05, 4.69) is 4.90 Å². The topological polar surface area (TPSA) is 38.8 Å². The Kier molecular flexibility index (Phi) is 4.56. The molecule has 3 rings (SSSR count). The Bertz CT molecular complexity index is 436. The van der Waals surface area contributed by atoms with E-state index < -0.39 is 0 Å². The summed E-state index contributed by atoms with van der Waals surface area (Å²) in [6, 6.07) is 7.88. The molecule has 0 radical (unpaired) electrons. The normalized spacial score (nSPS) is 19.6. The smallest absolute Gasteiger partial charge is 0.117 e. The molecule has 0 bridgehead atoms. The average Bonchev–Trinajstić information content (AvgIpc) is 3.13. The fraction of sp³-hybridized carbons (Fsp3) is 0.500. The standard InChI is InChI=1S/C16H21NO3/c1-2-8-18-14(5-1)11-17(12-15-6-3-9-19-15)13-16-7-4-10-20-16/h3-4,6-7,9-10,14H,1-2,5,8,11-13H2. The third kappa shape index (κ3) is 3.74. The molecule has 4 heteroatoms. The van der Waals surface area contributed by atoms with Crippen molar-refractivity contribution in [1.29, 1.82) is 0 Å². The van der Waals surface area contributed by atoms with Gasteiger partial charge in [-0.05, 0) is 43.5 Å². The van der Waals surface area contributed by atoms with E-state index >= 15 is 0 Å². The summed E-state index contributed by atoms with van der Waals surface area (Å²) < 4.78 is 16.8. The van der Waals surface area contributed by atoms with Crippen molar-refractivity contribution in [2.45, 2.75) is 38.5 Å². The number of nitrogens with zero attached hydrogens (tertiary/aromatic N) is 1. The van der Waals surface area contributed by atoms with Crippen LogP contribution < -0.4 is 0 Å². The molecule has 1 fully saturated rings. The average molecular weight is 275 g/mol. The maximum Gasteiger partial charge on any atom is 0.117 e. The summed E-state index contributed by atoms with van der Waals surface area (Å²) in [4.78, 5) is 2.33. The van der Waals surface area contributed by atoms with Crippen LogP contribution in [0.4, 0.5) is 0 Å². The molecule has 1 aliphatic heterocycles. The van der Waals surface area contributed by atoms with Crippen LogP contribution in [0, 0.1) is 0 Å². The highest BCUT2D eigenvalue weighted by Crippen LogP contribution is 2.17. The van der Waals surface area contributed by atoms with Gasteiger partial charge in [-0.15, -0.1) is 0 Å². The fourth-order valence-electron chi connectivity index (χ4n) is 2.67. The Morgan fingerprint density at radius 3 is 2.20 bits per heavy atom. The number of hydrogen-bond acceptors (Lipinski definition) is 4. The molecule has 1 aliphatic rings. The van der Waals surface area contributed by atoms with Gasteiger partial charge in [0, 0.05) is 13.2 Å². The number of rotatable bonds is 6. The molecule has 3 heterocycles. The van der Waals surface area contributed by atoms with Crippen LogP contribution in [0.2, 0.25) is 0 Å². The number of hydrogen-bond donors (Lipinski definition) is 0. The van der Waals surface area contributed by atoms with E-state index in [-0.39, 0.29) is 0 Å². The molecule has 0 spiro atoms. The summed E-state index contributed by atoms with van der Waals surface area (Å²) in [5.41, 5.74) is 0. The van der Waals surface area contributed by atoms with Gasteiger partial charge in [-0.1, -0.05) is 0 Å². The number of ether oxygens (including phenoxy) is 1. The minimum Gasteiger partial charge on any atom is -0.468 e. The predicted molar refractivity (Wildman–Crippen MR) is 75.1 cm³/mol. The van der Waals surface area contributed by atoms with Crippen molar-refractivity contribution < 1.29 is 13.6 Å². The van der Waals surface area contributed by atoms with Gasteiger partial charge in [-0.25, -0.2) is 0 Å². The zero-order valence-corrected chi connectivity index (χ0v) is 11.7. The summed E-state index contributed by atoms with van der Waals surface area (Å²) in [5, 5.41) is 0. The second-order valence-corrected chi connectivity index (χ2v) is 5.32. The van der Waals surface area contributed by atoms with E-state index in [1.165, 1.54) is 12.8 Å². The van der Waals surface area contributed by atoms with Crippen LogP contribution in [0.5, 0.6) is 0 Å². The van der Waals surface area contributed by atoms with Crippen molar-refractivity contribution in [3.8, 4) is 0 Å². The summed E-state index contributed by atoms with van der Waals surface area (Å²) in [5.74, 6) is 1.96. The van der Waals surface area contributed by atoms with Gasteiger partial charge in [0.2, 0.25) is 0 Å². The van der Waals surface area contributed by atoms with Crippen molar-refractivity contribution in [2.75, 3.05) is 13.2 Å². The summed E-state index contributed by atoms with van der Waals surface area (Å²) in [7, 11) is 0. The van der Waals surface area contributed by atoms with Gasteiger partial charge in [0.1, 0.15) is 11.5 Å². The lowest BCUT2D eigenvalue weighted by atomic mass is 10.1. The first-order valence-electron chi connectivity index (χ1n) is 7.29. The molecule has 0 amide bonds. The first-order chi connectivity index (χ1) is 9.90. The van der Waals surface area contributed by atoms with E-state index in [0.29, 0.717) is 6.10 Å². The maximum absolute atomic E-state index is 5.84. The van der Waals surface area contributed by atoms with E-state index in [9.17, 15) is 0 Å². The largest absolute Gasteiger partial charge is 0.468 e. The third-order valence-corrected chi connectivity index (χ3v) is 3.65. The van der Waals surface area contributed by atoms with Crippen LogP contribution in [-0.4, -0.2) is 24.2 Å². The predicted octanol–water partition coefficient (Wildman–Crippen LogP) is 3.44. The molecule has 0 saturated carbocycles. The zero-order chi connectivity index (χ0) is 13.6. The lowest BCUT2D eigenvalue weighted by Gasteiger charge is -2.28. The van der Waals surface area contributed by atoms with E-state index in [0.717, 1.165) is 44.2 Å². The quantitative estimate of drug-likeness (QED) is 0.809. The summed E-state index contributed by atoms with van der Waals surface area (Å²) in [6.07, 6.45) is 7.36. The minimum absolute atomic E-state index is 0.327. The van der Waals surface area contributed by atoms with Crippen LogP contribution >= 0.6 is 0 Å². The molecular weight excluding hydrogens is 254 g/mol. The molecule has 1 atom stereocenters. The van der Waals surface area contributed by atoms with Crippen LogP contribution in [0.15, 0.2) is 45.6 Å². The molecule has 1 saturated heterocycles. The Morgan fingerprint density at radius 2 is 1.70 bits per heavy atom. The Labute approximate surface area is 119 Å². The molecule has 2 aromatic rings. The first-order valence-corrected chi connectivity index (χ1v) is 7.29. The lowest BCUT2D eigenvalue weighted by molar-refractivity contribution is -0.0108. The van der Waals surface area contributed by atoms with E-state index in [1.54, 1.807) is 12.5 Å². The Morgan fingerprint density at radius 1 is 1.00 bits per heavy atom. The molecule has 108 valence electrons. The highest BCUT2D eigenvalue weighted by molar-refractivity contribution is 5.01. The summed E-state index contributed by atoms with van der Waals surface area (Å²) >= 11 is 0. The molecule has 4 nitrogen and oxygen atoms in total. The van der Waals surface area contributed by atoms with Gasteiger partial charge in [-0.2, -0.15) is 0 Å². The molecule has 0 aromatic carbocycles. The molecule has 20 heavy (non-hydrogen) atoms. The van der Waals surface area contributed by atoms with Crippen molar-refractivity contribution in [1.82, 2.24) is 4.90 Å². The van der Waals surface area contributed by atoms with Crippen LogP contribution in [0.1, 0.15) is 30.8 Å². The van der Waals surface area contributed by atoms with Crippen LogP contribution in [-0.2, 0) is 17.8 Å². The van der Waals surface area contributed by atoms with Crippen LogP contribution in [0.25, 0.3) is 0 Å². The highest BCUT2D eigenvalue weighted by atomic mass is 16.5. The summed E-state index contributed by atoms with van der Waals surface area (Å²) in [6.45, 7) is 3.38. The Balaban J connectivity index is 1.62. The SMILES string of the molecule is c1coc(CN(Cc2ccco2)CC2CCCCO2)c1. The fourth-order valence-corrected chi connectivity index (χ4v) is 2.67. The van der Waals surface area contributed by atoms with Crippen molar-refractivity contribution in [3.63, 3.8) is 0 Å². The molecule has 0 aliphatic carbocycles. The first kappa shape index (κ1) is 13.5. The monoisotopic (exact) mass is 275 g/mol. The third-order valence-electron chi connectivity index (χ3n) is 3.65. The van der Waals surface area contributed by atoms with Gasteiger partial charge in [0.25, 0.3) is 0 Å². The van der Waals surface area contributed by atoms with Gasteiger partial charge in [-0.3, -0.25) is 4.90 Å². The van der Waals surface area contributed by atoms with Gasteiger partial charge in [0.15, 0.2) is 0 Å². The lowest BCUT2D eigenvalue weighted by Crippen LogP contribution is -2.35. The number of furan rings is 2.